The molecule has 2 saturated heterocycles. The number of benzene rings is 1. The molecule has 9 nitrogen and oxygen atoms in total. The zero-order valence-corrected chi connectivity index (χ0v) is 22.7. The van der Waals surface area contributed by atoms with Crippen LogP contribution in [0.3, 0.4) is 0 Å². The predicted octanol–water partition coefficient (Wildman–Crippen LogP) is 3.60. The van der Waals surface area contributed by atoms with Crippen molar-refractivity contribution in [2.75, 3.05) is 53.6 Å². The van der Waals surface area contributed by atoms with Crippen molar-refractivity contribution in [3.8, 4) is 0 Å². The van der Waals surface area contributed by atoms with Gasteiger partial charge in [-0.25, -0.2) is 14.0 Å². The molecule has 3 N–H and O–H groups in total. The molecular weight excluding hydrogens is 491 g/mol. The Morgan fingerprint density at radius 2 is 2.11 bits per heavy atom. The van der Waals surface area contributed by atoms with Crippen LogP contribution < -0.4 is 16.0 Å². The van der Waals surface area contributed by atoms with E-state index in [9.17, 15) is 14.0 Å². The summed E-state index contributed by atoms with van der Waals surface area (Å²) in [5, 5.41) is 9.08. The van der Waals surface area contributed by atoms with Crippen LogP contribution in [0.25, 0.3) is 0 Å². The first-order valence-corrected chi connectivity index (χ1v) is 13.9. The molecule has 3 fully saturated rings. The highest BCUT2D eigenvalue weighted by Gasteiger charge is 2.46. The fourth-order valence-corrected chi connectivity index (χ4v) is 5.79. The minimum Gasteiger partial charge on any atom is -0.453 e. The van der Waals surface area contributed by atoms with E-state index >= 15 is 0 Å². The van der Waals surface area contributed by atoms with E-state index in [0.29, 0.717) is 25.6 Å². The third-order valence-corrected chi connectivity index (χ3v) is 8.04. The Labute approximate surface area is 225 Å². The van der Waals surface area contributed by atoms with E-state index in [0.717, 1.165) is 44.3 Å². The quantitative estimate of drug-likeness (QED) is 0.375. The van der Waals surface area contributed by atoms with Gasteiger partial charge in [0.2, 0.25) is 0 Å². The van der Waals surface area contributed by atoms with Crippen LogP contribution >= 0.6 is 0 Å². The summed E-state index contributed by atoms with van der Waals surface area (Å²) >= 11 is 0. The number of hydrogen-bond donors (Lipinski definition) is 3. The number of likely N-dealkylation sites (tertiary alicyclic amines) is 1. The molecular formula is C28H43FN4O5. The Bertz CT molecular complexity index is 920. The Hall–Kier alpha value is -2.43. The van der Waals surface area contributed by atoms with Gasteiger partial charge in [-0.2, -0.15) is 0 Å². The van der Waals surface area contributed by atoms with Crippen molar-refractivity contribution in [2.45, 2.75) is 62.7 Å². The summed E-state index contributed by atoms with van der Waals surface area (Å²) in [5.74, 6) is 0.125. The van der Waals surface area contributed by atoms with Crippen LogP contribution in [0.5, 0.6) is 0 Å². The van der Waals surface area contributed by atoms with Crippen LogP contribution in [0.1, 0.15) is 56.6 Å². The molecule has 4 rings (SSSR count). The molecule has 3 aliphatic rings. The van der Waals surface area contributed by atoms with Gasteiger partial charge in [-0.15, -0.1) is 0 Å². The van der Waals surface area contributed by atoms with Crippen LogP contribution in [0.15, 0.2) is 24.3 Å². The fourth-order valence-electron chi connectivity index (χ4n) is 5.79. The van der Waals surface area contributed by atoms with Gasteiger partial charge in [-0.1, -0.05) is 12.1 Å². The van der Waals surface area contributed by atoms with E-state index in [2.05, 4.69) is 20.7 Å². The van der Waals surface area contributed by atoms with E-state index in [-0.39, 0.29) is 42.6 Å². The minimum atomic E-state index is -0.528. The zero-order valence-electron chi connectivity index (χ0n) is 22.7. The van der Waals surface area contributed by atoms with E-state index in [1.165, 1.54) is 32.1 Å². The second kappa shape index (κ2) is 13.6. The number of hydrogen-bond acceptors (Lipinski definition) is 6. The summed E-state index contributed by atoms with van der Waals surface area (Å²) < 4.78 is 31.0. The number of nitrogens with one attached hydrogen (secondary N) is 3. The lowest BCUT2D eigenvalue weighted by Crippen LogP contribution is -2.52. The molecule has 0 bridgehead atoms. The molecule has 4 atom stereocenters. The number of halogens is 1. The van der Waals surface area contributed by atoms with Crippen molar-refractivity contribution in [3.63, 3.8) is 0 Å². The van der Waals surface area contributed by atoms with Crippen molar-refractivity contribution < 1.29 is 28.2 Å². The van der Waals surface area contributed by atoms with Gasteiger partial charge in [0.25, 0.3) is 0 Å². The number of urea groups is 1. The van der Waals surface area contributed by atoms with E-state index in [1.54, 1.807) is 6.07 Å². The van der Waals surface area contributed by atoms with Gasteiger partial charge in [-0.05, 0) is 75.6 Å². The second-order valence-corrected chi connectivity index (χ2v) is 11.0. The average Bonchev–Trinajstić information content (AvgIpc) is 3.69. The van der Waals surface area contributed by atoms with Gasteiger partial charge in [0.1, 0.15) is 5.82 Å². The number of amides is 3. The lowest BCUT2D eigenvalue weighted by Gasteiger charge is -2.38. The second-order valence-electron chi connectivity index (χ2n) is 11.0. The Morgan fingerprint density at radius 1 is 1.26 bits per heavy atom. The number of carbonyl (C=O) groups excluding carboxylic acids is 2. The molecule has 1 saturated carbocycles. The normalized spacial score (nSPS) is 23.9. The number of piperidine rings is 1. The molecule has 1 aliphatic carbocycles. The molecule has 1 aromatic rings. The molecule has 1 spiro atoms. The van der Waals surface area contributed by atoms with Crippen LogP contribution in [0, 0.1) is 17.7 Å². The summed E-state index contributed by atoms with van der Waals surface area (Å²) in [6, 6.07) is 6.36. The molecule has 4 unspecified atom stereocenters. The molecule has 1 aromatic carbocycles. The summed E-state index contributed by atoms with van der Waals surface area (Å²) in [7, 11) is 3.21. The topological polar surface area (TPSA) is 101 Å². The zero-order chi connectivity index (χ0) is 27.0. The molecule has 2 aliphatic heterocycles. The summed E-state index contributed by atoms with van der Waals surface area (Å²) in [6.45, 7) is 3.18. The van der Waals surface area contributed by atoms with Crippen LogP contribution in [-0.4, -0.2) is 82.2 Å². The SMILES string of the molecule is CNCC(CC1CCC2(CC2)OC1)NC(=O)N1CCCC(C(OCCNC(=O)OC)c2cccc(F)c2)C1. The Kier molecular flexibility index (Phi) is 10.2. The first-order valence-electron chi connectivity index (χ1n) is 13.9. The standard InChI is InChI=1S/C28H43FN4O5/c1-30-17-24(15-20-8-9-28(10-11-28)38-19-20)32-26(34)33-13-4-6-22(18-33)25(21-5-3-7-23(29)16-21)37-14-12-31-27(35)36-2/h3,5,7,16,20,22,24-25,30H,4,6,8-15,17-19H2,1-2H3,(H,31,35)(H,32,34). The smallest absolute Gasteiger partial charge is 0.406 e. The molecule has 0 radical (unpaired) electrons. The first kappa shape index (κ1) is 28.6. The van der Waals surface area contributed by atoms with Gasteiger partial charge in [0.05, 0.1) is 32.0 Å². The minimum absolute atomic E-state index is 0.00125. The Morgan fingerprint density at radius 3 is 2.79 bits per heavy atom. The molecule has 212 valence electrons. The highest BCUT2D eigenvalue weighted by Crippen LogP contribution is 2.47. The molecule has 10 heteroatoms. The largest absolute Gasteiger partial charge is 0.453 e. The highest BCUT2D eigenvalue weighted by molar-refractivity contribution is 5.74. The maximum atomic E-state index is 14.1. The average molecular weight is 535 g/mol. The van der Waals surface area contributed by atoms with Gasteiger partial charge < -0.3 is 35.1 Å². The van der Waals surface area contributed by atoms with Gasteiger partial charge >= 0.3 is 12.1 Å². The number of nitrogens with zero attached hydrogens (tertiary/aromatic N) is 1. The third kappa shape index (κ3) is 8.04. The molecule has 38 heavy (non-hydrogen) atoms. The lowest BCUT2D eigenvalue weighted by atomic mass is 9.88. The number of alkyl carbamates (subject to hydrolysis) is 1. The van der Waals surface area contributed by atoms with E-state index < -0.39 is 12.2 Å². The maximum Gasteiger partial charge on any atom is 0.406 e. The van der Waals surface area contributed by atoms with Crippen LogP contribution in [0.2, 0.25) is 0 Å². The van der Waals surface area contributed by atoms with Crippen molar-refractivity contribution in [3.05, 3.63) is 35.6 Å². The van der Waals surface area contributed by atoms with Crippen molar-refractivity contribution in [2.24, 2.45) is 11.8 Å². The number of methoxy groups -OCH3 is 1. The van der Waals surface area contributed by atoms with Gasteiger partial charge in [0.15, 0.2) is 0 Å². The predicted molar refractivity (Wildman–Crippen MR) is 141 cm³/mol. The number of ether oxygens (including phenoxy) is 3. The maximum absolute atomic E-state index is 14.1. The van der Waals surface area contributed by atoms with Crippen LogP contribution in [-0.2, 0) is 14.2 Å². The van der Waals surface area contributed by atoms with Crippen molar-refractivity contribution in [1.82, 2.24) is 20.9 Å². The van der Waals surface area contributed by atoms with Crippen molar-refractivity contribution >= 4 is 12.1 Å². The first-order chi connectivity index (χ1) is 18.4. The van der Waals surface area contributed by atoms with Crippen molar-refractivity contribution in [1.29, 1.82) is 0 Å². The molecule has 3 amide bonds. The number of likely N-dealkylation sites (N-methyl/N-ethyl adjacent to an activating group) is 1. The lowest BCUT2D eigenvalue weighted by molar-refractivity contribution is -0.0380. The Balaban J connectivity index is 1.34. The highest BCUT2D eigenvalue weighted by atomic mass is 19.1. The molecule has 0 aromatic heterocycles. The third-order valence-electron chi connectivity index (χ3n) is 8.04. The summed E-state index contributed by atoms with van der Waals surface area (Å²) in [6.07, 6.45) is 6.31. The molecule has 2 heterocycles. The number of carbonyl (C=O) groups is 2. The monoisotopic (exact) mass is 534 g/mol. The summed E-state index contributed by atoms with van der Waals surface area (Å²) in [5.41, 5.74) is 0.908. The number of rotatable bonds is 11. The van der Waals surface area contributed by atoms with Gasteiger partial charge in [0, 0.05) is 38.1 Å². The fraction of sp³-hybridized carbons (Fsp3) is 0.714. The summed E-state index contributed by atoms with van der Waals surface area (Å²) in [4.78, 5) is 26.6. The van der Waals surface area contributed by atoms with Gasteiger partial charge in [-0.3, -0.25) is 0 Å². The van der Waals surface area contributed by atoms with E-state index in [1.807, 2.05) is 18.0 Å². The van der Waals surface area contributed by atoms with Crippen LogP contribution in [0.4, 0.5) is 14.0 Å². The van der Waals surface area contributed by atoms with E-state index in [4.69, 9.17) is 9.47 Å².